The van der Waals surface area contributed by atoms with E-state index >= 15 is 0 Å². The van der Waals surface area contributed by atoms with Crippen LogP contribution in [0.2, 0.25) is 10.0 Å². The fourth-order valence-corrected chi connectivity index (χ4v) is 5.45. The molecule has 0 bridgehead atoms. The number of halogens is 2. The van der Waals surface area contributed by atoms with Gasteiger partial charge in [0.1, 0.15) is 0 Å². The zero-order valence-electron chi connectivity index (χ0n) is 19.9. The van der Waals surface area contributed by atoms with E-state index < -0.39 is 0 Å². The number of pyridine rings is 1. The predicted molar refractivity (Wildman–Crippen MR) is 148 cm³/mol. The minimum Gasteiger partial charge on any atom is -0.352 e. The topological polar surface area (TPSA) is 55.1 Å². The lowest BCUT2D eigenvalue weighted by atomic mass is 9.96. The zero-order valence-corrected chi connectivity index (χ0v) is 21.4. The van der Waals surface area contributed by atoms with Crippen LogP contribution in [0.1, 0.15) is 44.9 Å². The molecule has 0 atom stereocenters. The number of nitrogens with one attached hydrogen (secondary N) is 1. The van der Waals surface area contributed by atoms with Crippen LogP contribution < -0.4 is 21.4 Å². The maximum Gasteiger partial charge on any atom is 0.0900 e. The molecule has 1 aromatic heterocycles. The summed E-state index contributed by atoms with van der Waals surface area (Å²) in [6, 6.07) is 14.3. The van der Waals surface area contributed by atoms with Crippen molar-refractivity contribution in [2.75, 3.05) is 5.32 Å². The number of rotatable bonds is 4. The quantitative estimate of drug-likeness (QED) is 0.362. The van der Waals surface area contributed by atoms with Gasteiger partial charge in [-0.25, -0.2) is 4.98 Å². The summed E-state index contributed by atoms with van der Waals surface area (Å²) in [6.07, 6.45) is 16.0. The van der Waals surface area contributed by atoms with E-state index in [1.54, 1.807) is 6.20 Å². The Bertz CT molecular complexity index is 1570. The number of hydrogen-bond donors (Lipinski definition) is 1. The molecule has 4 aliphatic rings. The van der Waals surface area contributed by atoms with Gasteiger partial charge in [-0.15, -0.1) is 0 Å². The molecular formula is C29H27Cl2N5. The average Bonchev–Trinajstić information content (AvgIpc) is 2.91. The average molecular weight is 516 g/mol. The van der Waals surface area contributed by atoms with E-state index in [0.29, 0.717) is 16.1 Å². The largest absolute Gasteiger partial charge is 0.352 e. The van der Waals surface area contributed by atoms with Gasteiger partial charge in [-0.3, -0.25) is 9.98 Å². The second-order valence-corrected chi connectivity index (χ2v) is 10.3. The van der Waals surface area contributed by atoms with E-state index in [2.05, 4.69) is 39.2 Å². The highest BCUT2D eigenvalue weighted by Gasteiger charge is 2.18. The number of benzene rings is 2. The van der Waals surface area contributed by atoms with Crippen LogP contribution in [-0.4, -0.2) is 20.6 Å². The first-order valence-corrected chi connectivity index (χ1v) is 13.3. The lowest BCUT2D eigenvalue weighted by Crippen LogP contribution is -2.40. The molecule has 5 nitrogen and oxygen atoms in total. The Morgan fingerprint density at radius 3 is 2.61 bits per heavy atom. The van der Waals surface area contributed by atoms with E-state index in [-0.39, 0.29) is 0 Å². The minimum absolute atomic E-state index is 0.328. The van der Waals surface area contributed by atoms with Crippen molar-refractivity contribution in [3.05, 3.63) is 81.0 Å². The molecule has 2 aromatic rings. The Hall–Kier alpha value is -3.15. The molecule has 2 heterocycles. The van der Waals surface area contributed by atoms with Crippen LogP contribution in [-0.2, 0) is 0 Å². The highest BCUT2D eigenvalue weighted by Crippen LogP contribution is 2.28. The van der Waals surface area contributed by atoms with Gasteiger partial charge in [-0.05, 0) is 68.1 Å². The van der Waals surface area contributed by atoms with Crippen molar-refractivity contribution < 1.29 is 0 Å². The molecule has 1 saturated carbocycles. The third-order valence-corrected chi connectivity index (χ3v) is 7.66. The van der Waals surface area contributed by atoms with Gasteiger partial charge in [0.05, 0.1) is 61.1 Å². The zero-order chi connectivity index (χ0) is 24.5. The fraction of sp³-hybridized carbons (Fsp3) is 0.276. The normalized spacial score (nSPS) is 16.3. The number of anilines is 2. The highest BCUT2D eigenvalue weighted by atomic mass is 35.5. The SMILES string of the molecule is Clc1ccc(-n2c3cc(=NC4CCCCC4)c(Nc4cccnc4)cc-3nc3c2=CCCC=3)cc1Cl. The molecule has 0 spiro atoms. The van der Waals surface area contributed by atoms with Crippen LogP contribution in [0, 0.1) is 0 Å². The van der Waals surface area contributed by atoms with Crippen LogP contribution in [0.15, 0.2) is 59.9 Å². The van der Waals surface area contributed by atoms with Crippen molar-refractivity contribution in [2.45, 2.75) is 51.0 Å². The van der Waals surface area contributed by atoms with Gasteiger partial charge in [0.25, 0.3) is 0 Å². The molecule has 1 aliphatic heterocycles. The maximum absolute atomic E-state index is 6.46. The van der Waals surface area contributed by atoms with Gasteiger partial charge >= 0.3 is 0 Å². The van der Waals surface area contributed by atoms with Crippen LogP contribution in [0.3, 0.4) is 0 Å². The number of fused-ring (bicyclic) bond motifs is 2. The molecule has 0 unspecified atom stereocenters. The Morgan fingerprint density at radius 2 is 1.81 bits per heavy atom. The van der Waals surface area contributed by atoms with E-state index in [1.165, 1.54) is 19.3 Å². The summed E-state index contributed by atoms with van der Waals surface area (Å²) in [5, 5.41) is 7.61. The molecule has 0 radical (unpaired) electrons. The van der Waals surface area contributed by atoms with Gasteiger partial charge < -0.3 is 9.88 Å². The van der Waals surface area contributed by atoms with Crippen LogP contribution in [0.5, 0.6) is 0 Å². The molecule has 0 saturated heterocycles. The van der Waals surface area contributed by atoms with Crippen molar-refractivity contribution in [3.8, 4) is 17.1 Å². The number of nitrogens with zero attached hydrogens (tertiary/aromatic N) is 4. The van der Waals surface area contributed by atoms with Crippen LogP contribution in [0.4, 0.5) is 11.4 Å². The summed E-state index contributed by atoms with van der Waals surface area (Å²) in [7, 11) is 0. The van der Waals surface area contributed by atoms with Crippen LogP contribution >= 0.6 is 23.2 Å². The van der Waals surface area contributed by atoms with Gasteiger partial charge in [0.2, 0.25) is 0 Å². The van der Waals surface area contributed by atoms with Gasteiger partial charge in [-0.2, -0.15) is 0 Å². The molecule has 6 rings (SSSR count). The van der Waals surface area contributed by atoms with Crippen molar-refractivity contribution in [1.29, 1.82) is 0 Å². The number of aromatic nitrogens is 3. The standard InChI is InChI=1S/C29H27Cl2N5/c30-22-13-12-21(15-23(22)31)36-28-11-5-4-10-24(28)35-27-16-25(34-20-9-6-14-32-18-20)26(17-29(27)36)33-19-7-2-1-3-8-19/h6,9-19,34H,1-5,7-8H2. The molecule has 0 amide bonds. The lowest BCUT2D eigenvalue weighted by Gasteiger charge is -2.21. The van der Waals surface area contributed by atoms with Crippen molar-refractivity contribution in [2.24, 2.45) is 4.99 Å². The van der Waals surface area contributed by atoms with E-state index in [0.717, 1.165) is 70.2 Å². The van der Waals surface area contributed by atoms with Crippen molar-refractivity contribution in [3.63, 3.8) is 0 Å². The summed E-state index contributed by atoms with van der Waals surface area (Å²) in [5.74, 6) is 0. The molecule has 182 valence electrons. The number of hydrogen-bond acceptors (Lipinski definition) is 4. The predicted octanol–water partition coefficient (Wildman–Crippen LogP) is 6.01. The van der Waals surface area contributed by atoms with Gasteiger partial charge in [-0.1, -0.05) is 54.6 Å². The fourth-order valence-electron chi connectivity index (χ4n) is 5.16. The Morgan fingerprint density at radius 1 is 0.944 bits per heavy atom. The molecule has 1 fully saturated rings. The Labute approximate surface area is 220 Å². The van der Waals surface area contributed by atoms with Crippen molar-refractivity contribution in [1.82, 2.24) is 14.5 Å². The lowest BCUT2D eigenvalue weighted by molar-refractivity contribution is 0.437. The van der Waals surface area contributed by atoms with E-state index in [1.807, 2.05) is 36.5 Å². The third-order valence-electron chi connectivity index (χ3n) is 6.92. The molecular weight excluding hydrogens is 489 g/mol. The maximum atomic E-state index is 6.46. The molecule has 3 aliphatic carbocycles. The first-order valence-electron chi connectivity index (χ1n) is 12.6. The molecule has 1 aromatic carbocycles. The van der Waals surface area contributed by atoms with E-state index in [9.17, 15) is 0 Å². The molecule has 36 heavy (non-hydrogen) atoms. The summed E-state index contributed by atoms with van der Waals surface area (Å²) < 4.78 is 2.24. The van der Waals surface area contributed by atoms with Crippen LogP contribution in [0.25, 0.3) is 29.2 Å². The molecule has 7 heteroatoms. The summed E-state index contributed by atoms with van der Waals surface area (Å²) >= 11 is 12.7. The Kier molecular flexibility index (Phi) is 6.51. The first kappa shape index (κ1) is 23.3. The third kappa shape index (κ3) is 4.65. The summed E-state index contributed by atoms with van der Waals surface area (Å²) in [6.45, 7) is 0. The van der Waals surface area contributed by atoms with Gasteiger partial charge in [0.15, 0.2) is 0 Å². The van der Waals surface area contributed by atoms with E-state index in [4.69, 9.17) is 33.2 Å². The summed E-state index contributed by atoms with van der Waals surface area (Å²) in [4.78, 5) is 14.6. The second kappa shape index (κ2) is 10.1. The molecule has 1 N–H and O–H groups in total. The second-order valence-electron chi connectivity index (χ2n) is 9.45. The monoisotopic (exact) mass is 515 g/mol. The highest BCUT2D eigenvalue weighted by molar-refractivity contribution is 6.42. The first-order chi connectivity index (χ1) is 17.7. The minimum atomic E-state index is 0.328. The van der Waals surface area contributed by atoms with Gasteiger partial charge in [0, 0.05) is 11.9 Å². The smallest absolute Gasteiger partial charge is 0.0900 e. The van der Waals surface area contributed by atoms with Crippen molar-refractivity contribution >= 4 is 46.7 Å². The Balaban J connectivity index is 1.63. The summed E-state index contributed by atoms with van der Waals surface area (Å²) in [5.41, 5.74) is 4.70.